The van der Waals surface area contributed by atoms with E-state index in [0.29, 0.717) is 0 Å². The maximum atomic E-state index is 10.4. The fourth-order valence-corrected chi connectivity index (χ4v) is 0.290. The molecule has 0 aromatic rings. The number of hydrogen-bond donors (Lipinski definition) is 2. The molecule has 68 valence electrons. The number of carbonyl (C=O) groups is 3. The molecule has 0 atom stereocenters. The Kier molecular flexibility index (Phi) is 4.58. The van der Waals surface area contributed by atoms with Crippen LogP contribution >= 0.6 is 0 Å². The van der Waals surface area contributed by atoms with Gasteiger partial charge in [-0.05, 0) is 0 Å². The molecule has 4 N–H and O–H groups in total. The molecule has 0 radical (unpaired) electrons. The monoisotopic (exact) mass is 176 g/mol. The minimum atomic E-state index is -1.42. The molecule has 0 heterocycles. The molecule has 0 saturated heterocycles. The highest BCUT2D eigenvalue weighted by Crippen LogP contribution is 1.85. The fraction of sp³-hybridized carbons (Fsp3) is 0.400. The highest BCUT2D eigenvalue weighted by molar-refractivity contribution is 5.89. The van der Waals surface area contributed by atoms with Gasteiger partial charge in [-0.1, -0.05) is 0 Å². The van der Waals surface area contributed by atoms with E-state index in [0.717, 1.165) is 0 Å². The van der Waals surface area contributed by atoms with Crippen molar-refractivity contribution in [3.63, 3.8) is 0 Å². The highest BCUT2D eigenvalue weighted by atomic mass is 16.8. The predicted octanol–water partition coefficient (Wildman–Crippen LogP) is -1.89. The Morgan fingerprint density at radius 1 is 0.917 bits per heavy atom. The molecule has 0 amide bonds. The molecule has 0 aliphatic carbocycles. The molecule has 0 spiro atoms. The summed E-state index contributed by atoms with van der Waals surface area (Å²) in [5.74, 6) is -1.96. The second-order valence-electron chi connectivity index (χ2n) is 1.61. The maximum Gasteiger partial charge on any atom is 0.524 e. The molecular formula is C5H8N2O5. The van der Waals surface area contributed by atoms with Crippen molar-refractivity contribution in [1.82, 2.24) is 0 Å². The first-order chi connectivity index (χ1) is 5.60. The van der Waals surface area contributed by atoms with Crippen LogP contribution in [-0.4, -0.2) is 31.2 Å². The van der Waals surface area contributed by atoms with Gasteiger partial charge in [0.2, 0.25) is 0 Å². The molecular weight excluding hydrogens is 168 g/mol. The van der Waals surface area contributed by atoms with Gasteiger partial charge in [0.05, 0.1) is 13.1 Å². The first kappa shape index (κ1) is 10.5. The van der Waals surface area contributed by atoms with Crippen molar-refractivity contribution in [3.05, 3.63) is 0 Å². The number of hydrogen-bond acceptors (Lipinski definition) is 7. The van der Waals surface area contributed by atoms with Gasteiger partial charge in [0.1, 0.15) is 0 Å². The van der Waals surface area contributed by atoms with Crippen molar-refractivity contribution in [3.8, 4) is 0 Å². The number of ether oxygens (including phenoxy) is 2. The molecule has 0 aliphatic heterocycles. The van der Waals surface area contributed by atoms with Crippen molar-refractivity contribution in [2.75, 3.05) is 13.1 Å². The average molecular weight is 176 g/mol. The van der Waals surface area contributed by atoms with E-state index in [1.165, 1.54) is 0 Å². The van der Waals surface area contributed by atoms with Gasteiger partial charge >= 0.3 is 18.1 Å². The lowest BCUT2D eigenvalue weighted by Gasteiger charge is -1.99. The van der Waals surface area contributed by atoms with Gasteiger partial charge in [-0.25, -0.2) is 4.79 Å². The van der Waals surface area contributed by atoms with E-state index >= 15 is 0 Å². The Hall–Kier alpha value is -1.47. The summed E-state index contributed by atoms with van der Waals surface area (Å²) in [6.45, 7) is -0.933. The van der Waals surface area contributed by atoms with Crippen molar-refractivity contribution >= 4 is 18.1 Å². The molecule has 0 bridgehead atoms. The average Bonchev–Trinajstić information content (AvgIpc) is 2.03. The van der Waals surface area contributed by atoms with Crippen LogP contribution in [-0.2, 0) is 19.1 Å². The third kappa shape index (κ3) is 4.36. The van der Waals surface area contributed by atoms with Gasteiger partial charge in [0, 0.05) is 0 Å². The third-order valence-electron chi connectivity index (χ3n) is 0.728. The first-order valence-electron chi connectivity index (χ1n) is 2.95. The third-order valence-corrected chi connectivity index (χ3v) is 0.728. The van der Waals surface area contributed by atoms with Gasteiger partial charge in [-0.15, -0.1) is 0 Å². The summed E-state index contributed by atoms with van der Waals surface area (Å²) in [5, 5.41) is 0. The molecule has 0 fully saturated rings. The van der Waals surface area contributed by atoms with E-state index in [2.05, 4.69) is 9.47 Å². The minimum absolute atomic E-state index is 0.466. The van der Waals surface area contributed by atoms with Gasteiger partial charge in [0.15, 0.2) is 0 Å². The molecule has 0 aromatic carbocycles. The van der Waals surface area contributed by atoms with Crippen LogP contribution in [0.3, 0.4) is 0 Å². The number of rotatable bonds is 2. The summed E-state index contributed by atoms with van der Waals surface area (Å²) in [6.07, 6.45) is -1.42. The Morgan fingerprint density at radius 3 is 1.50 bits per heavy atom. The fourth-order valence-electron chi connectivity index (χ4n) is 0.290. The van der Waals surface area contributed by atoms with Crippen molar-refractivity contribution < 1.29 is 23.9 Å². The second-order valence-corrected chi connectivity index (χ2v) is 1.61. The van der Waals surface area contributed by atoms with E-state index in [4.69, 9.17) is 11.5 Å². The molecule has 0 saturated carbocycles. The number of nitrogens with two attached hydrogens (primary N) is 2. The molecule has 0 rings (SSSR count). The van der Waals surface area contributed by atoms with Crippen LogP contribution < -0.4 is 11.5 Å². The number of esters is 2. The van der Waals surface area contributed by atoms with Crippen molar-refractivity contribution in [2.45, 2.75) is 0 Å². The second kappa shape index (κ2) is 5.22. The quantitative estimate of drug-likeness (QED) is 0.372. The number of carbonyl (C=O) groups excluding carboxylic acids is 3. The molecule has 7 heteroatoms. The zero-order valence-corrected chi connectivity index (χ0v) is 6.11. The molecule has 0 unspecified atom stereocenters. The van der Waals surface area contributed by atoms with Gasteiger partial charge in [-0.2, -0.15) is 0 Å². The summed E-state index contributed by atoms with van der Waals surface area (Å²) in [7, 11) is 0. The Labute approximate surface area is 67.6 Å². The lowest BCUT2D eigenvalue weighted by Crippen LogP contribution is -2.25. The molecule has 12 heavy (non-hydrogen) atoms. The Morgan fingerprint density at radius 2 is 1.25 bits per heavy atom. The van der Waals surface area contributed by atoms with Crippen LogP contribution in [0.25, 0.3) is 0 Å². The van der Waals surface area contributed by atoms with Crippen LogP contribution in [0, 0.1) is 0 Å². The summed E-state index contributed by atoms with van der Waals surface area (Å²) in [6, 6.07) is 0. The summed E-state index contributed by atoms with van der Waals surface area (Å²) >= 11 is 0. The van der Waals surface area contributed by atoms with E-state index in [1.807, 2.05) is 0 Å². The maximum absolute atomic E-state index is 10.4. The van der Waals surface area contributed by atoms with E-state index in [9.17, 15) is 14.4 Å². The van der Waals surface area contributed by atoms with Crippen LogP contribution in [0.15, 0.2) is 0 Å². The lowest BCUT2D eigenvalue weighted by atomic mass is 10.7. The van der Waals surface area contributed by atoms with Crippen LogP contribution in [0.2, 0.25) is 0 Å². The Bertz CT molecular complexity index is 182. The largest absolute Gasteiger partial charge is 0.524 e. The van der Waals surface area contributed by atoms with E-state index in [-0.39, 0.29) is 0 Å². The van der Waals surface area contributed by atoms with Gasteiger partial charge in [0.25, 0.3) is 0 Å². The zero-order chi connectivity index (χ0) is 9.56. The minimum Gasteiger partial charge on any atom is -0.359 e. The SMILES string of the molecule is NCC(=O)OC(=O)OC(=O)CN. The Balaban J connectivity index is 3.74. The zero-order valence-electron chi connectivity index (χ0n) is 6.11. The predicted molar refractivity (Wildman–Crippen MR) is 35.7 cm³/mol. The van der Waals surface area contributed by atoms with E-state index < -0.39 is 31.2 Å². The highest BCUT2D eigenvalue weighted by Gasteiger charge is 2.13. The van der Waals surface area contributed by atoms with E-state index in [1.54, 1.807) is 0 Å². The van der Waals surface area contributed by atoms with Gasteiger partial charge in [-0.3, -0.25) is 9.59 Å². The smallest absolute Gasteiger partial charge is 0.359 e. The van der Waals surface area contributed by atoms with Crippen molar-refractivity contribution in [1.29, 1.82) is 0 Å². The summed E-state index contributed by atoms with van der Waals surface area (Å²) in [4.78, 5) is 31.0. The lowest BCUT2D eigenvalue weighted by molar-refractivity contribution is -0.144. The molecule has 7 nitrogen and oxygen atoms in total. The van der Waals surface area contributed by atoms with Crippen LogP contribution in [0.5, 0.6) is 0 Å². The first-order valence-corrected chi connectivity index (χ1v) is 2.95. The molecule has 0 aromatic heterocycles. The van der Waals surface area contributed by atoms with Crippen LogP contribution in [0.1, 0.15) is 0 Å². The van der Waals surface area contributed by atoms with Gasteiger partial charge < -0.3 is 20.9 Å². The summed E-state index contributed by atoms with van der Waals surface area (Å²) < 4.78 is 7.74. The summed E-state index contributed by atoms with van der Waals surface area (Å²) in [5.41, 5.74) is 9.58. The van der Waals surface area contributed by atoms with Crippen molar-refractivity contribution in [2.24, 2.45) is 11.5 Å². The standard InChI is InChI=1S/C5H8N2O5/c6-1-3(8)11-5(10)12-4(9)2-7/h1-2,6-7H2. The molecule has 0 aliphatic rings. The topological polar surface area (TPSA) is 122 Å². The normalized spacial score (nSPS) is 8.83. The van der Waals surface area contributed by atoms with Crippen LogP contribution in [0.4, 0.5) is 4.79 Å².